The van der Waals surface area contributed by atoms with Gasteiger partial charge in [0.25, 0.3) is 0 Å². The lowest BCUT2D eigenvalue weighted by molar-refractivity contribution is -0.696. The van der Waals surface area contributed by atoms with Crippen molar-refractivity contribution in [3.8, 4) is 0 Å². The van der Waals surface area contributed by atoms with Crippen molar-refractivity contribution >= 4 is 23.2 Å². The van der Waals surface area contributed by atoms with Crippen LogP contribution in [0.15, 0.2) is 18.7 Å². The second-order valence-corrected chi connectivity index (χ2v) is 4.29. The Morgan fingerprint density at radius 1 is 1.44 bits per heavy atom. The molecule has 1 aromatic rings. The summed E-state index contributed by atoms with van der Waals surface area (Å²) in [5.74, 6) is 0. The SMILES string of the molecule is Cn1cc[n+](CCC(N)Br)c1.F[B-](F)(F)F. The number of alkyl halides is 1. The number of hydrogen-bond donors (Lipinski definition) is 1. The summed E-state index contributed by atoms with van der Waals surface area (Å²) in [6.07, 6.45) is 7.04. The maximum Gasteiger partial charge on any atom is 0.673 e. The number of hydrogen-bond acceptors (Lipinski definition) is 1. The molecule has 1 atom stereocenters. The molecule has 2 N–H and O–H groups in total. The summed E-state index contributed by atoms with van der Waals surface area (Å²) in [7, 11) is -4.00. The molecule has 1 aromatic heterocycles. The van der Waals surface area contributed by atoms with Crippen LogP contribution in [0, 0.1) is 0 Å². The average Bonchev–Trinajstić information content (AvgIpc) is 2.44. The van der Waals surface area contributed by atoms with Crippen molar-refractivity contribution in [3.63, 3.8) is 0 Å². The molecule has 0 spiro atoms. The van der Waals surface area contributed by atoms with Gasteiger partial charge in [-0.05, 0) is 0 Å². The fourth-order valence-electron chi connectivity index (χ4n) is 0.906. The van der Waals surface area contributed by atoms with Crippen molar-refractivity contribution in [2.45, 2.75) is 17.9 Å². The highest BCUT2D eigenvalue weighted by Crippen LogP contribution is 2.06. The van der Waals surface area contributed by atoms with Crippen molar-refractivity contribution in [2.24, 2.45) is 12.8 Å². The first-order valence-electron chi connectivity index (χ1n) is 4.46. The molecule has 94 valence electrons. The Kier molecular flexibility index (Phi) is 6.65. The van der Waals surface area contributed by atoms with E-state index in [0.29, 0.717) is 0 Å². The lowest BCUT2D eigenvalue weighted by Gasteiger charge is -1.98. The highest BCUT2D eigenvalue weighted by molar-refractivity contribution is 9.09. The zero-order valence-corrected chi connectivity index (χ0v) is 10.2. The van der Waals surface area contributed by atoms with Gasteiger partial charge in [0.05, 0.1) is 18.5 Å². The molecule has 0 bridgehead atoms. The molecule has 0 aliphatic heterocycles. The van der Waals surface area contributed by atoms with Crippen LogP contribution in [0.25, 0.3) is 0 Å². The molecule has 0 saturated carbocycles. The Hall–Kier alpha value is -0.565. The number of nitrogens with two attached hydrogens (primary N) is 1. The molecule has 1 unspecified atom stereocenters. The normalized spacial score (nSPS) is 12.9. The van der Waals surface area contributed by atoms with Gasteiger partial charge in [0, 0.05) is 6.42 Å². The summed E-state index contributed by atoms with van der Waals surface area (Å²) in [6, 6.07) is 0. The Morgan fingerprint density at radius 3 is 2.25 bits per heavy atom. The first kappa shape index (κ1) is 15.4. The van der Waals surface area contributed by atoms with Crippen molar-refractivity contribution in [1.82, 2.24) is 4.57 Å². The van der Waals surface area contributed by atoms with Gasteiger partial charge in [-0.1, -0.05) is 15.9 Å². The summed E-state index contributed by atoms with van der Waals surface area (Å²) in [4.78, 5) is 0.107. The van der Waals surface area contributed by atoms with E-state index in [1.165, 1.54) is 0 Å². The zero-order chi connectivity index (χ0) is 12.8. The van der Waals surface area contributed by atoms with E-state index in [1.807, 2.05) is 30.3 Å². The smallest absolute Gasteiger partial charge is 0.418 e. The van der Waals surface area contributed by atoms with Gasteiger partial charge in [0.1, 0.15) is 12.4 Å². The zero-order valence-electron chi connectivity index (χ0n) is 8.66. The van der Waals surface area contributed by atoms with E-state index in [1.54, 1.807) is 0 Å². The molecule has 3 nitrogen and oxygen atoms in total. The highest BCUT2D eigenvalue weighted by Gasteiger charge is 2.20. The Bertz CT molecular complexity index is 296. The van der Waals surface area contributed by atoms with Gasteiger partial charge < -0.3 is 23.0 Å². The van der Waals surface area contributed by atoms with Crippen LogP contribution in [-0.2, 0) is 13.6 Å². The van der Waals surface area contributed by atoms with Gasteiger partial charge in [-0.3, -0.25) is 0 Å². The number of nitrogens with zero attached hydrogens (tertiary/aromatic N) is 2. The van der Waals surface area contributed by atoms with Crippen LogP contribution >= 0.6 is 15.9 Å². The van der Waals surface area contributed by atoms with E-state index in [-0.39, 0.29) is 4.95 Å². The largest absolute Gasteiger partial charge is 0.673 e. The number of imidazole rings is 1. The Morgan fingerprint density at radius 2 is 1.94 bits per heavy atom. The van der Waals surface area contributed by atoms with Gasteiger partial charge in [-0.25, -0.2) is 9.13 Å². The average molecular weight is 306 g/mol. The van der Waals surface area contributed by atoms with E-state index in [4.69, 9.17) is 5.73 Å². The van der Waals surface area contributed by atoms with Crippen LogP contribution in [0.5, 0.6) is 0 Å². The Labute approximate surface area is 99.5 Å². The molecule has 0 aliphatic rings. The van der Waals surface area contributed by atoms with Crippen molar-refractivity contribution in [1.29, 1.82) is 0 Å². The number of aromatic nitrogens is 2. The minimum Gasteiger partial charge on any atom is -0.418 e. The van der Waals surface area contributed by atoms with Crippen molar-refractivity contribution in [3.05, 3.63) is 18.7 Å². The first-order chi connectivity index (χ1) is 7.18. The number of halogens is 5. The topological polar surface area (TPSA) is 34.8 Å². The molecule has 0 amide bonds. The molecule has 0 aromatic carbocycles. The fraction of sp³-hybridized carbons (Fsp3) is 0.571. The van der Waals surface area contributed by atoms with E-state index in [0.717, 1.165) is 13.0 Å². The van der Waals surface area contributed by atoms with E-state index < -0.39 is 7.25 Å². The van der Waals surface area contributed by atoms with Crippen LogP contribution in [-0.4, -0.2) is 16.8 Å². The minimum absolute atomic E-state index is 0.107. The van der Waals surface area contributed by atoms with Gasteiger partial charge in [0.2, 0.25) is 6.33 Å². The van der Waals surface area contributed by atoms with Gasteiger partial charge >= 0.3 is 7.25 Å². The second-order valence-electron chi connectivity index (χ2n) is 3.12. The third-order valence-corrected chi connectivity index (χ3v) is 1.94. The molecule has 0 saturated heterocycles. The maximum absolute atomic E-state index is 9.75. The molecule has 0 fully saturated rings. The summed E-state index contributed by atoms with van der Waals surface area (Å²) in [6.45, 7) is 0.966. The first-order valence-corrected chi connectivity index (χ1v) is 5.38. The highest BCUT2D eigenvalue weighted by atomic mass is 79.9. The van der Waals surface area contributed by atoms with Crippen LogP contribution in [0.4, 0.5) is 17.3 Å². The molecule has 1 rings (SSSR count). The monoisotopic (exact) mass is 305 g/mol. The van der Waals surface area contributed by atoms with Crippen LogP contribution < -0.4 is 10.3 Å². The van der Waals surface area contributed by atoms with Gasteiger partial charge in [-0.15, -0.1) is 0 Å². The van der Waals surface area contributed by atoms with Gasteiger partial charge in [0.15, 0.2) is 0 Å². The van der Waals surface area contributed by atoms with Gasteiger partial charge in [-0.2, -0.15) is 0 Å². The van der Waals surface area contributed by atoms with Crippen molar-refractivity contribution in [2.75, 3.05) is 0 Å². The number of aryl methyl sites for hydroxylation is 2. The molecule has 16 heavy (non-hydrogen) atoms. The maximum atomic E-state index is 9.75. The van der Waals surface area contributed by atoms with E-state index >= 15 is 0 Å². The standard InChI is InChI=1S/C7H13BrN3.BF4/c1-10-4-5-11(6-10)3-2-7(8)9;2-1(3,4)5/h4-7H,2-3,9H2,1H3;/q+1;-1. The third kappa shape index (κ3) is 11.5. The number of rotatable bonds is 3. The quantitative estimate of drug-likeness (QED) is 0.298. The summed E-state index contributed by atoms with van der Waals surface area (Å²) in [5, 5.41) is 0. The molecule has 0 radical (unpaired) electrons. The fourth-order valence-corrected chi connectivity index (χ4v) is 1.11. The summed E-state index contributed by atoms with van der Waals surface area (Å²) < 4.78 is 43.1. The lowest BCUT2D eigenvalue weighted by Crippen LogP contribution is -2.33. The van der Waals surface area contributed by atoms with Crippen LogP contribution in [0.3, 0.4) is 0 Å². The molecule has 9 heteroatoms. The molecular formula is C7H13BBrF4N3. The predicted molar refractivity (Wildman–Crippen MR) is 57.3 cm³/mol. The third-order valence-electron chi connectivity index (χ3n) is 1.49. The van der Waals surface area contributed by atoms with Crippen molar-refractivity contribution < 1.29 is 21.8 Å². The minimum atomic E-state index is -6.00. The molecular weight excluding hydrogens is 293 g/mol. The van der Waals surface area contributed by atoms with E-state index in [2.05, 4.69) is 20.5 Å². The van der Waals surface area contributed by atoms with Crippen LogP contribution in [0.2, 0.25) is 0 Å². The lowest BCUT2D eigenvalue weighted by atomic mass is 10.3. The molecule has 1 heterocycles. The van der Waals surface area contributed by atoms with Crippen LogP contribution in [0.1, 0.15) is 6.42 Å². The van der Waals surface area contributed by atoms with E-state index in [9.17, 15) is 17.3 Å². The molecule has 0 aliphatic carbocycles. The summed E-state index contributed by atoms with van der Waals surface area (Å²) in [5.41, 5.74) is 5.54. The Balaban J connectivity index is 0.000000385. The second kappa shape index (κ2) is 6.90. The predicted octanol–water partition coefficient (Wildman–Crippen LogP) is 1.68. The summed E-state index contributed by atoms with van der Waals surface area (Å²) >= 11 is 3.30.